The molecule has 1 aromatic heterocycles. The van der Waals surface area contributed by atoms with Crippen molar-refractivity contribution >= 4 is 17.5 Å². The first-order valence-corrected chi connectivity index (χ1v) is 4.83. The number of β-amino-alcohol motifs (C(OH)–C–C–N with tert-alkyl or cyclic N) is 1. The monoisotopic (exact) mass is 224 g/mol. The third-order valence-corrected chi connectivity index (χ3v) is 2.46. The molecular weight excluding hydrogens is 216 g/mol. The van der Waals surface area contributed by atoms with Crippen LogP contribution in [0, 0.1) is 11.3 Å². The molecule has 5 nitrogen and oxygen atoms in total. The van der Waals surface area contributed by atoms with E-state index in [1.54, 1.807) is 4.90 Å². The fourth-order valence-electron chi connectivity index (χ4n) is 1.53. The quantitative estimate of drug-likeness (QED) is 0.796. The van der Waals surface area contributed by atoms with Gasteiger partial charge in [0.05, 0.1) is 43.0 Å². The Morgan fingerprint density at radius 3 is 2.67 bits per heavy atom. The van der Waals surface area contributed by atoms with E-state index in [1.165, 1.54) is 12.4 Å². The molecule has 0 aliphatic carbocycles. The van der Waals surface area contributed by atoms with Crippen LogP contribution < -0.4 is 4.90 Å². The summed E-state index contributed by atoms with van der Waals surface area (Å²) in [6, 6.07) is 1.95. The van der Waals surface area contributed by atoms with Crippen LogP contribution in [-0.4, -0.2) is 33.8 Å². The van der Waals surface area contributed by atoms with Crippen LogP contribution in [0.3, 0.4) is 0 Å². The van der Waals surface area contributed by atoms with Gasteiger partial charge in [-0.3, -0.25) is 0 Å². The molecule has 1 saturated heterocycles. The second kappa shape index (κ2) is 3.65. The minimum absolute atomic E-state index is 0.136. The van der Waals surface area contributed by atoms with Gasteiger partial charge in [-0.25, -0.2) is 9.97 Å². The van der Waals surface area contributed by atoms with E-state index in [9.17, 15) is 5.11 Å². The van der Waals surface area contributed by atoms with Crippen molar-refractivity contribution in [3.8, 4) is 6.07 Å². The molecule has 0 aromatic carbocycles. The van der Waals surface area contributed by atoms with Gasteiger partial charge in [-0.15, -0.1) is 0 Å². The summed E-state index contributed by atoms with van der Waals surface area (Å²) >= 11 is 5.65. The number of anilines is 1. The van der Waals surface area contributed by atoms with Gasteiger partial charge in [-0.2, -0.15) is 5.26 Å². The van der Waals surface area contributed by atoms with Crippen molar-refractivity contribution in [1.29, 1.82) is 5.26 Å². The zero-order chi connectivity index (χ0) is 10.9. The van der Waals surface area contributed by atoms with Crippen molar-refractivity contribution in [3.63, 3.8) is 0 Å². The standard InChI is InChI=1S/C9H9ClN4O/c10-7-3-12-8(13-4-7)14-5-9(15,6-14)1-2-11/h3-4,15H,1,5-6H2. The predicted molar refractivity (Wildman–Crippen MR) is 54.4 cm³/mol. The Kier molecular flexibility index (Phi) is 2.47. The third kappa shape index (κ3) is 2.01. The Morgan fingerprint density at radius 2 is 2.13 bits per heavy atom. The second-order valence-electron chi connectivity index (χ2n) is 3.62. The lowest BCUT2D eigenvalue weighted by atomic mass is 9.92. The van der Waals surface area contributed by atoms with Crippen molar-refractivity contribution in [2.24, 2.45) is 0 Å². The number of aromatic nitrogens is 2. The molecule has 2 heterocycles. The first kappa shape index (κ1) is 10.1. The van der Waals surface area contributed by atoms with Crippen LogP contribution in [0.5, 0.6) is 0 Å². The Balaban J connectivity index is 2.00. The molecule has 1 aliphatic heterocycles. The largest absolute Gasteiger partial charge is 0.385 e. The van der Waals surface area contributed by atoms with E-state index in [0.717, 1.165) is 0 Å². The van der Waals surface area contributed by atoms with Crippen molar-refractivity contribution in [2.75, 3.05) is 18.0 Å². The van der Waals surface area contributed by atoms with E-state index in [4.69, 9.17) is 16.9 Å². The van der Waals surface area contributed by atoms with Crippen molar-refractivity contribution in [2.45, 2.75) is 12.0 Å². The molecule has 78 valence electrons. The van der Waals surface area contributed by atoms with Crippen LogP contribution in [0.1, 0.15) is 6.42 Å². The van der Waals surface area contributed by atoms with Gasteiger partial charge in [-0.05, 0) is 0 Å². The number of nitrogens with zero attached hydrogens (tertiary/aromatic N) is 4. The van der Waals surface area contributed by atoms with E-state index in [1.807, 2.05) is 6.07 Å². The van der Waals surface area contributed by atoms with Gasteiger partial charge in [0.2, 0.25) is 5.95 Å². The first-order chi connectivity index (χ1) is 7.13. The van der Waals surface area contributed by atoms with Crippen LogP contribution in [0.25, 0.3) is 0 Å². The van der Waals surface area contributed by atoms with Crippen molar-refractivity contribution in [3.05, 3.63) is 17.4 Å². The molecule has 1 aromatic rings. The normalized spacial score (nSPS) is 18.1. The molecule has 0 atom stereocenters. The third-order valence-electron chi connectivity index (χ3n) is 2.27. The number of hydrogen-bond acceptors (Lipinski definition) is 5. The molecule has 0 bridgehead atoms. The van der Waals surface area contributed by atoms with E-state index in [-0.39, 0.29) is 6.42 Å². The summed E-state index contributed by atoms with van der Waals surface area (Å²) in [5.41, 5.74) is -0.905. The lowest BCUT2D eigenvalue weighted by Crippen LogP contribution is -2.62. The molecule has 0 amide bonds. The molecular formula is C9H9ClN4O. The van der Waals surface area contributed by atoms with E-state index < -0.39 is 5.60 Å². The Morgan fingerprint density at radius 1 is 1.53 bits per heavy atom. The van der Waals surface area contributed by atoms with Gasteiger partial charge >= 0.3 is 0 Å². The SMILES string of the molecule is N#CCC1(O)CN(c2ncc(Cl)cn2)C1. The summed E-state index contributed by atoms with van der Waals surface area (Å²) in [6.45, 7) is 0.782. The number of nitriles is 1. The van der Waals surface area contributed by atoms with Gasteiger partial charge in [0, 0.05) is 0 Å². The van der Waals surface area contributed by atoms with Gasteiger partial charge < -0.3 is 10.0 Å². The minimum Gasteiger partial charge on any atom is -0.385 e. The van der Waals surface area contributed by atoms with Gasteiger partial charge in [0.15, 0.2) is 0 Å². The predicted octanol–water partition coefficient (Wildman–Crippen LogP) is 0.595. The van der Waals surface area contributed by atoms with Crippen LogP contribution in [0.4, 0.5) is 5.95 Å². The zero-order valence-corrected chi connectivity index (χ0v) is 8.65. The summed E-state index contributed by atoms with van der Waals surface area (Å²) in [4.78, 5) is 9.83. The highest BCUT2D eigenvalue weighted by Crippen LogP contribution is 2.27. The highest BCUT2D eigenvalue weighted by atomic mass is 35.5. The average Bonchev–Trinajstić information content (AvgIpc) is 2.16. The van der Waals surface area contributed by atoms with Crippen LogP contribution in [0.15, 0.2) is 12.4 Å². The van der Waals surface area contributed by atoms with Crippen molar-refractivity contribution < 1.29 is 5.11 Å². The molecule has 2 rings (SSSR count). The number of rotatable bonds is 2. The number of halogens is 1. The molecule has 0 spiro atoms. The molecule has 6 heteroatoms. The maximum atomic E-state index is 9.75. The summed E-state index contributed by atoms with van der Waals surface area (Å²) in [5, 5.41) is 18.7. The second-order valence-corrected chi connectivity index (χ2v) is 4.05. The topological polar surface area (TPSA) is 73.0 Å². The fraction of sp³-hybridized carbons (Fsp3) is 0.444. The highest BCUT2D eigenvalue weighted by molar-refractivity contribution is 6.30. The smallest absolute Gasteiger partial charge is 0.225 e. The van der Waals surface area contributed by atoms with Crippen molar-refractivity contribution in [1.82, 2.24) is 9.97 Å². The molecule has 1 fully saturated rings. The summed E-state index contributed by atoms with van der Waals surface area (Å²) in [6.07, 6.45) is 3.15. The Bertz CT molecular complexity index is 394. The van der Waals surface area contributed by atoms with E-state index in [2.05, 4.69) is 9.97 Å². The zero-order valence-electron chi connectivity index (χ0n) is 7.89. The van der Waals surface area contributed by atoms with E-state index >= 15 is 0 Å². The van der Waals surface area contributed by atoms with Crippen LogP contribution >= 0.6 is 11.6 Å². The Labute approximate surface area is 91.9 Å². The number of hydrogen-bond donors (Lipinski definition) is 1. The van der Waals surface area contributed by atoms with Crippen LogP contribution in [0.2, 0.25) is 5.02 Å². The lowest BCUT2D eigenvalue weighted by Gasteiger charge is -2.45. The first-order valence-electron chi connectivity index (χ1n) is 4.45. The van der Waals surface area contributed by atoms with Gasteiger partial charge in [0.25, 0.3) is 0 Å². The fourth-order valence-corrected chi connectivity index (χ4v) is 1.63. The minimum atomic E-state index is -0.905. The van der Waals surface area contributed by atoms with Gasteiger partial charge in [-0.1, -0.05) is 11.6 Å². The maximum Gasteiger partial charge on any atom is 0.225 e. The highest BCUT2D eigenvalue weighted by Gasteiger charge is 2.42. The van der Waals surface area contributed by atoms with E-state index in [0.29, 0.717) is 24.1 Å². The summed E-state index contributed by atoms with van der Waals surface area (Å²) in [5.74, 6) is 0.530. The lowest BCUT2D eigenvalue weighted by molar-refractivity contribution is 0.0157. The number of aliphatic hydroxyl groups is 1. The molecule has 1 N–H and O–H groups in total. The van der Waals surface area contributed by atoms with Crippen LogP contribution in [-0.2, 0) is 0 Å². The molecule has 15 heavy (non-hydrogen) atoms. The summed E-state index contributed by atoms with van der Waals surface area (Å²) in [7, 11) is 0. The Hall–Kier alpha value is -1.38. The molecule has 1 aliphatic rings. The average molecular weight is 225 g/mol. The summed E-state index contributed by atoms with van der Waals surface area (Å²) < 4.78 is 0. The molecule has 0 unspecified atom stereocenters. The molecule has 0 radical (unpaired) electrons. The molecule has 0 saturated carbocycles. The maximum absolute atomic E-state index is 9.75. The van der Waals surface area contributed by atoms with Gasteiger partial charge in [0.1, 0.15) is 5.60 Å².